The number of carboxylic acid groups (broad SMARTS) is 1. The molecule has 2 rings (SSSR count). The Balaban J connectivity index is 2.24. The number of carboxylic acids is 1. The molecule has 0 radical (unpaired) electrons. The van der Waals surface area contributed by atoms with Crippen LogP contribution in [0.4, 0.5) is 5.95 Å². The van der Waals surface area contributed by atoms with E-state index in [4.69, 9.17) is 11.6 Å². The SMILES string of the molecule is Nc1nnc(CC2(C(=O)O)CCCC2)n1N. The van der Waals surface area contributed by atoms with Crippen LogP contribution in [-0.2, 0) is 11.2 Å². The van der Waals surface area contributed by atoms with Crippen LogP contribution in [0, 0.1) is 5.41 Å². The van der Waals surface area contributed by atoms with Gasteiger partial charge >= 0.3 is 5.97 Å². The third kappa shape index (κ3) is 1.58. The molecule has 0 bridgehead atoms. The molecule has 0 aromatic carbocycles. The third-order valence-electron chi connectivity index (χ3n) is 3.30. The highest BCUT2D eigenvalue weighted by Gasteiger charge is 2.42. The highest BCUT2D eigenvalue weighted by Crippen LogP contribution is 2.40. The Morgan fingerprint density at radius 2 is 2.06 bits per heavy atom. The first-order valence-electron chi connectivity index (χ1n) is 5.23. The van der Waals surface area contributed by atoms with Gasteiger partial charge in [0, 0.05) is 6.42 Å². The van der Waals surface area contributed by atoms with Gasteiger partial charge in [-0.25, -0.2) is 4.68 Å². The lowest BCUT2D eigenvalue weighted by atomic mass is 9.82. The zero-order valence-corrected chi connectivity index (χ0v) is 8.89. The highest BCUT2D eigenvalue weighted by molar-refractivity contribution is 5.75. The maximum atomic E-state index is 11.3. The van der Waals surface area contributed by atoms with Gasteiger partial charge in [0.15, 0.2) is 5.82 Å². The molecular weight excluding hydrogens is 210 g/mol. The predicted octanol–water partition coefficient (Wildman–Crippen LogP) is -0.238. The van der Waals surface area contributed by atoms with E-state index in [0.29, 0.717) is 25.1 Å². The maximum Gasteiger partial charge on any atom is 0.310 e. The fraction of sp³-hybridized carbons (Fsp3) is 0.667. The summed E-state index contributed by atoms with van der Waals surface area (Å²) in [5.41, 5.74) is 4.71. The molecule has 0 saturated heterocycles. The predicted molar refractivity (Wildman–Crippen MR) is 56.8 cm³/mol. The average Bonchev–Trinajstić information content (AvgIpc) is 2.82. The van der Waals surface area contributed by atoms with Crippen LogP contribution in [0.15, 0.2) is 0 Å². The Morgan fingerprint density at radius 1 is 1.44 bits per heavy atom. The van der Waals surface area contributed by atoms with Crippen LogP contribution < -0.4 is 11.6 Å². The number of nitrogen functional groups attached to an aromatic ring is 2. The van der Waals surface area contributed by atoms with Crippen LogP contribution in [0.5, 0.6) is 0 Å². The largest absolute Gasteiger partial charge is 0.481 e. The molecule has 1 aliphatic rings. The molecule has 0 spiro atoms. The van der Waals surface area contributed by atoms with E-state index in [-0.39, 0.29) is 5.95 Å². The summed E-state index contributed by atoms with van der Waals surface area (Å²) >= 11 is 0. The number of nitrogens with zero attached hydrogens (tertiary/aromatic N) is 3. The summed E-state index contributed by atoms with van der Waals surface area (Å²) in [6.45, 7) is 0. The zero-order valence-electron chi connectivity index (χ0n) is 8.89. The van der Waals surface area contributed by atoms with Gasteiger partial charge in [0.05, 0.1) is 5.41 Å². The van der Waals surface area contributed by atoms with Crippen molar-refractivity contribution in [3.8, 4) is 0 Å². The van der Waals surface area contributed by atoms with Gasteiger partial charge in [0.25, 0.3) is 0 Å². The molecule has 88 valence electrons. The molecule has 1 fully saturated rings. The summed E-state index contributed by atoms with van der Waals surface area (Å²) in [7, 11) is 0. The lowest BCUT2D eigenvalue weighted by Crippen LogP contribution is -2.32. The van der Waals surface area contributed by atoms with E-state index in [1.807, 2.05) is 0 Å². The second kappa shape index (κ2) is 3.66. The summed E-state index contributed by atoms with van der Waals surface area (Å²) in [4.78, 5) is 11.3. The molecule has 0 unspecified atom stereocenters. The monoisotopic (exact) mass is 225 g/mol. The minimum atomic E-state index is -0.786. The first-order chi connectivity index (χ1) is 7.55. The number of hydrogen-bond acceptors (Lipinski definition) is 5. The Hall–Kier alpha value is -1.79. The van der Waals surface area contributed by atoms with E-state index >= 15 is 0 Å². The van der Waals surface area contributed by atoms with E-state index in [2.05, 4.69) is 10.2 Å². The van der Waals surface area contributed by atoms with E-state index in [9.17, 15) is 9.90 Å². The third-order valence-corrected chi connectivity index (χ3v) is 3.30. The second-order valence-electron chi connectivity index (χ2n) is 4.31. The molecule has 7 nitrogen and oxygen atoms in total. The summed E-state index contributed by atoms with van der Waals surface area (Å²) in [6, 6.07) is 0. The Kier molecular flexibility index (Phi) is 2.45. The van der Waals surface area contributed by atoms with Crippen LogP contribution in [-0.4, -0.2) is 25.9 Å². The van der Waals surface area contributed by atoms with Crippen molar-refractivity contribution in [3.05, 3.63) is 5.82 Å². The normalized spacial score (nSPS) is 18.8. The molecular formula is C9H15N5O2. The first-order valence-corrected chi connectivity index (χ1v) is 5.23. The van der Waals surface area contributed by atoms with Crippen LogP contribution in [0.3, 0.4) is 0 Å². The molecule has 0 amide bonds. The summed E-state index contributed by atoms with van der Waals surface area (Å²) in [6.07, 6.45) is 3.48. The van der Waals surface area contributed by atoms with Gasteiger partial charge in [-0.3, -0.25) is 4.79 Å². The van der Waals surface area contributed by atoms with Crippen LogP contribution in [0.2, 0.25) is 0 Å². The fourth-order valence-corrected chi connectivity index (χ4v) is 2.28. The van der Waals surface area contributed by atoms with Crippen molar-refractivity contribution in [1.82, 2.24) is 14.9 Å². The molecule has 1 aromatic heterocycles. The quantitative estimate of drug-likeness (QED) is 0.611. The Bertz CT molecular complexity index is 408. The summed E-state index contributed by atoms with van der Waals surface area (Å²) in [5, 5.41) is 16.7. The molecule has 0 aliphatic heterocycles. The smallest absolute Gasteiger partial charge is 0.310 e. The summed E-state index contributed by atoms with van der Waals surface area (Å²) < 4.78 is 1.16. The second-order valence-corrected chi connectivity index (χ2v) is 4.31. The molecule has 1 heterocycles. The van der Waals surface area contributed by atoms with Crippen molar-refractivity contribution >= 4 is 11.9 Å². The van der Waals surface area contributed by atoms with Crippen LogP contribution in [0.25, 0.3) is 0 Å². The van der Waals surface area contributed by atoms with Crippen molar-refractivity contribution < 1.29 is 9.90 Å². The minimum absolute atomic E-state index is 0.105. The number of aromatic nitrogens is 3. The van der Waals surface area contributed by atoms with Crippen LogP contribution >= 0.6 is 0 Å². The van der Waals surface area contributed by atoms with E-state index in [1.54, 1.807) is 0 Å². The van der Waals surface area contributed by atoms with E-state index < -0.39 is 11.4 Å². The van der Waals surface area contributed by atoms with Crippen molar-refractivity contribution in [2.75, 3.05) is 11.6 Å². The molecule has 16 heavy (non-hydrogen) atoms. The fourth-order valence-electron chi connectivity index (χ4n) is 2.28. The number of carbonyl (C=O) groups is 1. The van der Waals surface area contributed by atoms with Crippen molar-refractivity contribution in [1.29, 1.82) is 0 Å². The van der Waals surface area contributed by atoms with Gasteiger partial charge in [0.1, 0.15) is 0 Å². The maximum absolute atomic E-state index is 11.3. The molecule has 7 heteroatoms. The molecule has 1 aliphatic carbocycles. The Morgan fingerprint density at radius 3 is 2.50 bits per heavy atom. The van der Waals surface area contributed by atoms with Crippen molar-refractivity contribution in [3.63, 3.8) is 0 Å². The number of nitrogens with two attached hydrogens (primary N) is 2. The molecule has 1 saturated carbocycles. The topological polar surface area (TPSA) is 120 Å². The highest BCUT2D eigenvalue weighted by atomic mass is 16.4. The van der Waals surface area contributed by atoms with Gasteiger partial charge in [-0.15, -0.1) is 10.2 Å². The Labute approximate surface area is 92.4 Å². The number of hydrogen-bond donors (Lipinski definition) is 3. The lowest BCUT2D eigenvalue weighted by Gasteiger charge is -2.22. The van der Waals surface area contributed by atoms with E-state index in [1.165, 1.54) is 0 Å². The minimum Gasteiger partial charge on any atom is -0.481 e. The lowest BCUT2D eigenvalue weighted by molar-refractivity contribution is -0.148. The average molecular weight is 225 g/mol. The molecule has 1 aromatic rings. The van der Waals surface area contributed by atoms with Gasteiger partial charge in [0.2, 0.25) is 5.95 Å². The first kappa shape index (κ1) is 10.7. The molecule has 0 atom stereocenters. The van der Waals surface area contributed by atoms with Crippen molar-refractivity contribution in [2.45, 2.75) is 32.1 Å². The number of aliphatic carboxylic acids is 1. The van der Waals surface area contributed by atoms with E-state index in [0.717, 1.165) is 17.5 Å². The summed E-state index contributed by atoms with van der Waals surface area (Å²) in [5.74, 6) is 5.37. The molecule has 5 N–H and O–H groups in total. The number of anilines is 1. The number of rotatable bonds is 3. The van der Waals surface area contributed by atoms with Gasteiger partial charge in [-0.2, -0.15) is 0 Å². The van der Waals surface area contributed by atoms with Crippen molar-refractivity contribution in [2.24, 2.45) is 5.41 Å². The zero-order chi connectivity index (χ0) is 11.8. The van der Waals surface area contributed by atoms with Gasteiger partial charge < -0.3 is 16.7 Å². The van der Waals surface area contributed by atoms with Gasteiger partial charge in [-0.05, 0) is 12.8 Å². The van der Waals surface area contributed by atoms with Gasteiger partial charge in [-0.1, -0.05) is 12.8 Å². The van der Waals surface area contributed by atoms with Crippen LogP contribution in [0.1, 0.15) is 31.5 Å². The standard InChI is InChI=1S/C9H15N5O2/c10-8-13-12-6(14(8)11)5-9(7(15)16)3-1-2-4-9/h1-5,11H2,(H2,10,13)(H,15,16).